The molecule has 0 amide bonds. The summed E-state index contributed by atoms with van der Waals surface area (Å²) in [6.45, 7) is 8.74. The van der Waals surface area contributed by atoms with Crippen LogP contribution in [0.4, 0.5) is 0 Å². The number of carbonyl (C=O) groups excluding carboxylic acids is 2. The Labute approximate surface area is 102 Å². The van der Waals surface area contributed by atoms with E-state index < -0.39 is 0 Å². The molecule has 2 heteroatoms. The molecule has 0 aromatic heterocycles. The second kappa shape index (κ2) is 5.39. The fourth-order valence-electron chi connectivity index (χ4n) is 1.72. The van der Waals surface area contributed by atoms with E-state index in [0.717, 1.165) is 0 Å². The van der Waals surface area contributed by atoms with Crippen LogP contribution in [0.1, 0.15) is 20.8 Å². The maximum absolute atomic E-state index is 12.1. The molecular formula is C15H16O2. The van der Waals surface area contributed by atoms with Gasteiger partial charge in [0.25, 0.3) is 0 Å². The van der Waals surface area contributed by atoms with Crippen molar-refractivity contribution in [1.29, 1.82) is 0 Å². The van der Waals surface area contributed by atoms with Crippen LogP contribution in [0.5, 0.6) is 0 Å². The predicted molar refractivity (Wildman–Crippen MR) is 69.6 cm³/mol. The lowest BCUT2D eigenvalue weighted by Crippen LogP contribution is -2.20. The van der Waals surface area contributed by atoms with Gasteiger partial charge in [0, 0.05) is 22.3 Å². The van der Waals surface area contributed by atoms with E-state index in [2.05, 4.69) is 6.58 Å². The van der Waals surface area contributed by atoms with Gasteiger partial charge in [-0.25, -0.2) is 0 Å². The van der Waals surface area contributed by atoms with Gasteiger partial charge in [0.15, 0.2) is 11.6 Å². The third-order valence-corrected chi connectivity index (χ3v) is 2.71. The van der Waals surface area contributed by atoms with Crippen molar-refractivity contribution in [3.63, 3.8) is 0 Å². The van der Waals surface area contributed by atoms with E-state index in [1.807, 2.05) is 6.92 Å². The zero-order valence-corrected chi connectivity index (χ0v) is 10.4. The summed E-state index contributed by atoms with van der Waals surface area (Å²) in [7, 11) is 0. The van der Waals surface area contributed by atoms with E-state index in [-0.39, 0.29) is 11.6 Å². The van der Waals surface area contributed by atoms with Crippen LogP contribution in [-0.2, 0) is 9.59 Å². The van der Waals surface area contributed by atoms with E-state index in [9.17, 15) is 9.59 Å². The molecule has 0 heterocycles. The lowest BCUT2D eigenvalue weighted by Gasteiger charge is -2.16. The summed E-state index contributed by atoms with van der Waals surface area (Å²) in [4.78, 5) is 24.2. The van der Waals surface area contributed by atoms with Crippen LogP contribution in [0.15, 0.2) is 59.3 Å². The zero-order valence-electron chi connectivity index (χ0n) is 10.4. The Bertz CT molecular complexity index is 497. The van der Waals surface area contributed by atoms with Crippen LogP contribution in [0.3, 0.4) is 0 Å². The molecule has 0 fully saturated rings. The number of hydrogen-bond acceptors (Lipinski definition) is 2. The Balaban J connectivity index is 3.33. The number of hydrogen-bond donors (Lipinski definition) is 0. The first-order valence-corrected chi connectivity index (χ1v) is 5.47. The molecule has 0 radical (unpaired) electrons. The lowest BCUT2D eigenvalue weighted by atomic mass is 9.85. The largest absolute Gasteiger partial charge is 0.289 e. The topological polar surface area (TPSA) is 34.1 Å². The SMILES string of the molecule is C=C/C=C\C1=C(C)C(=O)C(/C=C\C)=C(C)C1=O. The molecule has 0 atom stereocenters. The van der Waals surface area contributed by atoms with Crippen molar-refractivity contribution in [1.82, 2.24) is 0 Å². The summed E-state index contributed by atoms with van der Waals surface area (Å²) < 4.78 is 0. The van der Waals surface area contributed by atoms with Gasteiger partial charge in [-0.3, -0.25) is 9.59 Å². The van der Waals surface area contributed by atoms with Gasteiger partial charge >= 0.3 is 0 Å². The van der Waals surface area contributed by atoms with E-state index >= 15 is 0 Å². The van der Waals surface area contributed by atoms with E-state index in [1.165, 1.54) is 0 Å². The first-order valence-electron chi connectivity index (χ1n) is 5.47. The van der Waals surface area contributed by atoms with Crippen molar-refractivity contribution in [2.24, 2.45) is 0 Å². The van der Waals surface area contributed by atoms with Crippen LogP contribution in [0, 0.1) is 0 Å². The summed E-state index contributed by atoms with van der Waals surface area (Å²) in [5, 5.41) is 0. The summed E-state index contributed by atoms with van der Waals surface area (Å²) in [6.07, 6.45) is 8.34. The number of ketones is 2. The second-order valence-corrected chi connectivity index (χ2v) is 3.83. The Hall–Kier alpha value is -1.96. The molecule has 0 aliphatic heterocycles. The van der Waals surface area contributed by atoms with Crippen molar-refractivity contribution in [2.75, 3.05) is 0 Å². The van der Waals surface area contributed by atoms with Gasteiger partial charge in [0.1, 0.15) is 0 Å². The molecule has 1 aliphatic carbocycles. The van der Waals surface area contributed by atoms with Crippen molar-refractivity contribution >= 4 is 11.6 Å². The van der Waals surface area contributed by atoms with Crippen molar-refractivity contribution in [2.45, 2.75) is 20.8 Å². The maximum Gasteiger partial charge on any atom is 0.189 e. The van der Waals surface area contributed by atoms with E-state index in [1.54, 1.807) is 44.2 Å². The van der Waals surface area contributed by atoms with Crippen molar-refractivity contribution in [3.8, 4) is 0 Å². The monoisotopic (exact) mass is 228 g/mol. The molecule has 2 nitrogen and oxygen atoms in total. The summed E-state index contributed by atoms with van der Waals surface area (Å²) in [5.74, 6) is -0.169. The molecular weight excluding hydrogens is 212 g/mol. The highest BCUT2D eigenvalue weighted by Crippen LogP contribution is 2.25. The van der Waals surface area contributed by atoms with Crippen LogP contribution in [0.25, 0.3) is 0 Å². The molecule has 0 aromatic carbocycles. The summed E-state index contributed by atoms with van der Waals surface area (Å²) in [5.41, 5.74) is 1.95. The summed E-state index contributed by atoms with van der Waals surface area (Å²) in [6, 6.07) is 0. The number of allylic oxidation sites excluding steroid dienone is 9. The minimum atomic E-state index is -0.0895. The van der Waals surface area contributed by atoms with Crippen molar-refractivity contribution in [3.05, 3.63) is 59.3 Å². The quantitative estimate of drug-likeness (QED) is 0.549. The molecule has 1 aliphatic rings. The van der Waals surface area contributed by atoms with Gasteiger partial charge in [-0.1, -0.05) is 37.0 Å². The number of carbonyl (C=O) groups is 2. The highest BCUT2D eigenvalue weighted by Gasteiger charge is 2.27. The zero-order chi connectivity index (χ0) is 13.0. The molecule has 17 heavy (non-hydrogen) atoms. The molecule has 0 spiro atoms. The third-order valence-electron chi connectivity index (χ3n) is 2.71. The Morgan fingerprint density at radius 3 is 1.82 bits per heavy atom. The fourth-order valence-corrected chi connectivity index (χ4v) is 1.72. The molecule has 1 rings (SSSR count). The van der Waals surface area contributed by atoms with Crippen LogP contribution in [0.2, 0.25) is 0 Å². The molecule has 0 N–H and O–H groups in total. The minimum Gasteiger partial charge on any atom is -0.289 e. The van der Waals surface area contributed by atoms with Crippen molar-refractivity contribution < 1.29 is 9.59 Å². The Kier molecular flexibility index (Phi) is 4.16. The average Bonchev–Trinajstić information content (AvgIpc) is 2.32. The fraction of sp³-hybridized carbons (Fsp3) is 0.200. The average molecular weight is 228 g/mol. The van der Waals surface area contributed by atoms with E-state index in [4.69, 9.17) is 0 Å². The van der Waals surface area contributed by atoms with Gasteiger partial charge in [-0.05, 0) is 20.8 Å². The first-order chi connectivity index (χ1) is 8.04. The van der Waals surface area contributed by atoms with Gasteiger partial charge in [0.2, 0.25) is 0 Å². The standard InChI is InChI=1S/C15H16O2/c1-5-7-9-13-11(4)14(16)12(8-6-2)10(3)15(13)17/h5-9H,1H2,2-4H3/b8-6-,9-7-. The van der Waals surface area contributed by atoms with Crippen LogP contribution in [-0.4, -0.2) is 11.6 Å². The molecule has 0 bridgehead atoms. The predicted octanol–water partition coefficient (Wildman–Crippen LogP) is 3.09. The van der Waals surface area contributed by atoms with Crippen LogP contribution >= 0.6 is 0 Å². The maximum atomic E-state index is 12.1. The van der Waals surface area contributed by atoms with Gasteiger partial charge in [-0.15, -0.1) is 0 Å². The second-order valence-electron chi connectivity index (χ2n) is 3.83. The first kappa shape index (κ1) is 13.1. The van der Waals surface area contributed by atoms with Gasteiger partial charge in [0.05, 0.1) is 0 Å². The van der Waals surface area contributed by atoms with Gasteiger partial charge < -0.3 is 0 Å². The Morgan fingerprint density at radius 2 is 1.41 bits per heavy atom. The molecule has 88 valence electrons. The summed E-state index contributed by atoms with van der Waals surface area (Å²) >= 11 is 0. The third kappa shape index (κ3) is 2.41. The molecule has 0 unspecified atom stereocenters. The lowest BCUT2D eigenvalue weighted by molar-refractivity contribution is -0.116. The Morgan fingerprint density at radius 1 is 0.941 bits per heavy atom. The highest BCUT2D eigenvalue weighted by molar-refractivity contribution is 6.26. The number of Topliss-reactive ketones (excluding diaryl/α,β-unsaturated/α-hetero) is 2. The molecule has 0 saturated carbocycles. The van der Waals surface area contributed by atoms with Crippen LogP contribution < -0.4 is 0 Å². The van der Waals surface area contributed by atoms with E-state index in [0.29, 0.717) is 22.3 Å². The minimum absolute atomic E-state index is 0.0797. The smallest absolute Gasteiger partial charge is 0.189 e. The normalized spacial score (nSPS) is 17.8. The highest BCUT2D eigenvalue weighted by atomic mass is 16.1. The van der Waals surface area contributed by atoms with Gasteiger partial charge in [-0.2, -0.15) is 0 Å². The number of rotatable bonds is 3. The molecule has 0 aromatic rings. The molecule has 0 saturated heterocycles.